The minimum absolute atomic E-state index is 0.0320. The Morgan fingerprint density at radius 3 is 2.35 bits per heavy atom. The van der Waals surface area contributed by atoms with E-state index in [0.29, 0.717) is 40.3 Å². The Hall–Kier alpha value is -2.87. The molecule has 1 saturated heterocycles. The van der Waals surface area contributed by atoms with E-state index in [0.717, 1.165) is 41.3 Å². The predicted octanol–water partition coefficient (Wildman–Crippen LogP) is 8.91. The minimum Gasteiger partial charge on any atom is -0.497 e. The van der Waals surface area contributed by atoms with Crippen molar-refractivity contribution in [1.82, 2.24) is 10.2 Å². The molecule has 4 rings (SSSR count). The molecule has 1 heterocycles. The smallest absolute Gasteiger partial charge is 0.279 e. The lowest BCUT2D eigenvalue weighted by molar-refractivity contribution is -0.153. The van der Waals surface area contributed by atoms with Crippen LogP contribution in [0.3, 0.4) is 0 Å². The van der Waals surface area contributed by atoms with Gasteiger partial charge < -0.3 is 19.7 Å². The summed E-state index contributed by atoms with van der Waals surface area (Å²) in [5.74, 6) is 1.70. The standard InChI is InChI=1S/C34H40Cl2N2O4S/c1-6-27(7-2)38-31(22-11-14-25(35)15-12-22)29(23-9-8-10-26(36)17-23)19-34(3,32(38)39)21-43-33(40)37-20-24-13-16-28(41-4)18-30(24)42-5/h8-18,27,29,31H,6-7,19-21H2,1-5H3,(H,37,40)/t29-,31-,34-/m1/s1. The van der Waals surface area contributed by atoms with E-state index in [-0.39, 0.29) is 29.1 Å². The minimum atomic E-state index is -0.779. The number of nitrogens with zero attached hydrogens (tertiary/aromatic N) is 1. The summed E-state index contributed by atoms with van der Waals surface area (Å²) in [6.07, 6.45) is 2.21. The first-order valence-corrected chi connectivity index (χ1v) is 16.3. The number of methoxy groups -OCH3 is 2. The molecule has 3 aromatic carbocycles. The molecule has 0 aliphatic carbocycles. The van der Waals surface area contributed by atoms with E-state index in [2.05, 4.69) is 30.1 Å². The molecule has 2 amide bonds. The third kappa shape index (κ3) is 7.62. The summed E-state index contributed by atoms with van der Waals surface area (Å²) in [5.41, 5.74) is 2.17. The average Bonchev–Trinajstić information content (AvgIpc) is 3.02. The molecule has 0 saturated carbocycles. The number of carbonyl (C=O) groups is 2. The van der Waals surface area contributed by atoms with Gasteiger partial charge >= 0.3 is 0 Å². The number of halogens is 2. The van der Waals surface area contributed by atoms with Crippen LogP contribution < -0.4 is 14.8 Å². The number of nitrogens with one attached hydrogen (secondary N) is 1. The van der Waals surface area contributed by atoms with Crippen molar-refractivity contribution >= 4 is 46.1 Å². The van der Waals surface area contributed by atoms with E-state index >= 15 is 0 Å². The van der Waals surface area contributed by atoms with Crippen molar-refractivity contribution in [2.24, 2.45) is 5.41 Å². The highest BCUT2D eigenvalue weighted by atomic mass is 35.5. The van der Waals surface area contributed by atoms with Crippen LogP contribution in [0.1, 0.15) is 68.7 Å². The van der Waals surface area contributed by atoms with E-state index in [1.807, 2.05) is 61.5 Å². The van der Waals surface area contributed by atoms with Crippen molar-refractivity contribution in [2.45, 2.75) is 64.6 Å². The highest BCUT2D eigenvalue weighted by molar-refractivity contribution is 8.13. The van der Waals surface area contributed by atoms with E-state index in [1.54, 1.807) is 20.3 Å². The first kappa shape index (κ1) is 33.0. The molecular formula is C34H40Cl2N2O4S. The van der Waals surface area contributed by atoms with Gasteiger partial charge in [-0.25, -0.2) is 0 Å². The topological polar surface area (TPSA) is 67.9 Å². The zero-order chi connectivity index (χ0) is 31.1. The van der Waals surface area contributed by atoms with Gasteiger partial charge in [-0.3, -0.25) is 9.59 Å². The summed E-state index contributed by atoms with van der Waals surface area (Å²) in [6, 6.07) is 21.0. The molecule has 230 valence electrons. The van der Waals surface area contributed by atoms with Crippen LogP contribution in [0.5, 0.6) is 11.5 Å². The summed E-state index contributed by atoms with van der Waals surface area (Å²) in [4.78, 5) is 29.7. The Labute approximate surface area is 269 Å². The number of benzene rings is 3. The first-order valence-electron chi connectivity index (χ1n) is 14.6. The second-order valence-corrected chi connectivity index (χ2v) is 13.0. The molecule has 43 heavy (non-hydrogen) atoms. The maximum Gasteiger partial charge on any atom is 0.279 e. The van der Waals surface area contributed by atoms with Crippen LogP contribution in [0.25, 0.3) is 0 Å². The number of hydrogen-bond donors (Lipinski definition) is 1. The molecule has 1 aliphatic heterocycles. The first-order chi connectivity index (χ1) is 20.6. The molecular weight excluding hydrogens is 603 g/mol. The maximum absolute atomic E-state index is 14.5. The fourth-order valence-corrected chi connectivity index (χ4v) is 7.23. The molecule has 1 fully saturated rings. The van der Waals surface area contributed by atoms with Crippen molar-refractivity contribution in [1.29, 1.82) is 0 Å². The number of thioether (sulfide) groups is 1. The van der Waals surface area contributed by atoms with Gasteiger partial charge in [-0.15, -0.1) is 0 Å². The molecule has 3 atom stereocenters. The lowest BCUT2D eigenvalue weighted by atomic mass is 9.69. The van der Waals surface area contributed by atoms with Crippen LogP contribution in [0, 0.1) is 5.41 Å². The van der Waals surface area contributed by atoms with E-state index in [4.69, 9.17) is 32.7 Å². The highest BCUT2D eigenvalue weighted by Crippen LogP contribution is 2.52. The van der Waals surface area contributed by atoms with E-state index in [9.17, 15) is 9.59 Å². The van der Waals surface area contributed by atoms with Gasteiger partial charge in [0.25, 0.3) is 5.24 Å². The molecule has 1 N–H and O–H groups in total. The summed E-state index contributed by atoms with van der Waals surface area (Å²) in [7, 11) is 3.18. The van der Waals surface area contributed by atoms with Gasteiger partial charge in [0.15, 0.2) is 0 Å². The second-order valence-electron chi connectivity index (χ2n) is 11.2. The molecule has 0 aromatic heterocycles. The Morgan fingerprint density at radius 2 is 1.72 bits per heavy atom. The van der Waals surface area contributed by atoms with E-state index in [1.165, 1.54) is 0 Å². The Kier molecular flexibility index (Phi) is 11.3. The maximum atomic E-state index is 14.5. The second kappa shape index (κ2) is 14.7. The van der Waals surface area contributed by atoms with Crippen LogP contribution in [0.2, 0.25) is 10.0 Å². The third-order valence-electron chi connectivity index (χ3n) is 8.37. The van der Waals surface area contributed by atoms with Crippen LogP contribution in [-0.4, -0.2) is 42.1 Å². The Bertz CT molecular complexity index is 1420. The largest absolute Gasteiger partial charge is 0.497 e. The summed E-state index contributed by atoms with van der Waals surface area (Å²) < 4.78 is 10.7. The highest BCUT2D eigenvalue weighted by Gasteiger charge is 2.51. The number of hydrogen-bond acceptors (Lipinski definition) is 5. The van der Waals surface area contributed by atoms with Gasteiger partial charge in [0, 0.05) is 45.9 Å². The lowest BCUT2D eigenvalue weighted by Crippen LogP contribution is -2.56. The molecule has 0 unspecified atom stereocenters. The van der Waals surface area contributed by atoms with Crippen molar-refractivity contribution in [2.75, 3.05) is 20.0 Å². The van der Waals surface area contributed by atoms with Gasteiger partial charge in [0.1, 0.15) is 11.5 Å². The Morgan fingerprint density at radius 1 is 1.00 bits per heavy atom. The van der Waals surface area contributed by atoms with Gasteiger partial charge in [-0.1, -0.05) is 73.1 Å². The summed E-state index contributed by atoms with van der Waals surface area (Å²) in [5, 5.41) is 4.09. The number of piperidine rings is 1. The zero-order valence-electron chi connectivity index (χ0n) is 25.4. The molecule has 0 radical (unpaired) electrons. The van der Waals surface area contributed by atoms with E-state index < -0.39 is 5.41 Å². The molecule has 0 spiro atoms. The normalized spacial score (nSPS) is 20.3. The average molecular weight is 644 g/mol. The number of carbonyl (C=O) groups excluding carboxylic acids is 2. The molecule has 1 aliphatic rings. The third-order valence-corrected chi connectivity index (χ3v) is 10.0. The van der Waals surface area contributed by atoms with Crippen molar-refractivity contribution in [3.8, 4) is 11.5 Å². The molecule has 6 nitrogen and oxygen atoms in total. The quantitative estimate of drug-likeness (QED) is 0.226. The van der Waals surface area contributed by atoms with Crippen LogP contribution in [-0.2, 0) is 11.3 Å². The van der Waals surface area contributed by atoms with Crippen LogP contribution >= 0.6 is 35.0 Å². The predicted molar refractivity (Wildman–Crippen MR) is 177 cm³/mol. The van der Waals surface area contributed by atoms with Gasteiger partial charge in [0.2, 0.25) is 5.91 Å². The van der Waals surface area contributed by atoms with Gasteiger partial charge in [-0.2, -0.15) is 0 Å². The van der Waals surface area contributed by atoms with Gasteiger partial charge in [-0.05, 0) is 73.7 Å². The number of ether oxygens (including phenoxy) is 2. The van der Waals surface area contributed by atoms with Crippen molar-refractivity contribution in [3.05, 3.63) is 93.5 Å². The fraction of sp³-hybridized carbons (Fsp3) is 0.412. The van der Waals surface area contributed by atoms with Gasteiger partial charge in [0.05, 0.1) is 25.7 Å². The summed E-state index contributed by atoms with van der Waals surface area (Å²) in [6.45, 7) is 6.53. The SMILES string of the molecule is CCC(CC)N1C(=O)[C@@](C)(CSC(=O)NCc2ccc(OC)cc2OC)C[C@H](c2cccc(Cl)c2)[C@H]1c1ccc(Cl)cc1. The Balaban J connectivity index is 1.62. The molecule has 0 bridgehead atoms. The lowest BCUT2D eigenvalue weighted by Gasteiger charge is -2.52. The number of amides is 2. The number of rotatable bonds is 11. The zero-order valence-corrected chi connectivity index (χ0v) is 27.7. The monoisotopic (exact) mass is 642 g/mol. The fourth-order valence-electron chi connectivity index (χ4n) is 6.04. The molecule has 9 heteroatoms. The molecule has 3 aromatic rings. The summed E-state index contributed by atoms with van der Waals surface area (Å²) >= 11 is 13.9. The number of likely N-dealkylation sites (tertiary alicyclic amines) is 1. The van der Waals surface area contributed by atoms with Crippen molar-refractivity contribution in [3.63, 3.8) is 0 Å². The van der Waals surface area contributed by atoms with Crippen molar-refractivity contribution < 1.29 is 19.1 Å². The van der Waals surface area contributed by atoms with Crippen LogP contribution in [0.15, 0.2) is 66.7 Å². The van der Waals surface area contributed by atoms with Crippen LogP contribution in [0.4, 0.5) is 4.79 Å².